The number of aromatic nitrogens is 1. The molecule has 0 atom stereocenters. The molecule has 1 aliphatic heterocycles. The fraction of sp³-hybridized carbons (Fsp3) is 0.389. The molecule has 0 fully saturated rings. The molecule has 0 amide bonds. The van der Waals surface area contributed by atoms with Crippen LogP contribution >= 0.6 is 0 Å². The summed E-state index contributed by atoms with van der Waals surface area (Å²) in [5.41, 5.74) is 5.22. The highest BCUT2D eigenvalue weighted by Gasteiger charge is 2.21. The highest BCUT2D eigenvalue weighted by molar-refractivity contribution is 5.69. The van der Waals surface area contributed by atoms with Crippen LogP contribution in [0.15, 0.2) is 36.5 Å². The third kappa shape index (κ3) is 2.93. The fourth-order valence-corrected chi connectivity index (χ4v) is 2.89. The molecule has 1 aromatic heterocycles. The van der Waals surface area contributed by atoms with Crippen molar-refractivity contribution >= 4 is 11.5 Å². The summed E-state index contributed by atoms with van der Waals surface area (Å²) in [5, 5.41) is 3.44. The molecule has 2 aromatic rings. The van der Waals surface area contributed by atoms with Crippen molar-refractivity contribution < 1.29 is 0 Å². The summed E-state index contributed by atoms with van der Waals surface area (Å²) in [6.07, 6.45) is 3.10. The Balaban J connectivity index is 1.84. The summed E-state index contributed by atoms with van der Waals surface area (Å²) < 4.78 is 0. The number of hydrogen-bond acceptors (Lipinski definition) is 3. The standard InChI is InChI=1S/C18H23N3/c1-13(2)19-11-15-10-14(3)18(20-12-15)21-9-8-16-6-4-5-7-17(16)21/h4-7,10,12-13,19H,8-9,11H2,1-3H3. The zero-order valence-electron chi connectivity index (χ0n) is 13.1. The molecule has 0 spiro atoms. The van der Waals surface area contributed by atoms with E-state index in [1.54, 1.807) is 0 Å². The number of benzene rings is 1. The van der Waals surface area contributed by atoms with Crippen LogP contribution in [-0.4, -0.2) is 17.6 Å². The molecule has 0 radical (unpaired) electrons. The largest absolute Gasteiger partial charge is 0.326 e. The number of nitrogens with one attached hydrogen (secondary N) is 1. The van der Waals surface area contributed by atoms with Gasteiger partial charge < -0.3 is 10.2 Å². The lowest BCUT2D eigenvalue weighted by Gasteiger charge is -2.21. The molecule has 0 saturated heterocycles. The Morgan fingerprint density at radius 3 is 2.86 bits per heavy atom. The lowest BCUT2D eigenvalue weighted by Crippen LogP contribution is -2.22. The van der Waals surface area contributed by atoms with Gasteiger partial charge in [-0.1, -0.05) is 32.0 Å². The quantitative estimate of drug-likeness (QED) is 0.928. The second kappa shape index (κ2) is 5.86. The van der Waals surface area contributed by atoms with Crippen LogP contribution in [0.3, 0.4) is 0 Å². The van der Waals surface area contributed by atoms with Gasteiger partial charge in [0.15, 0.2) is 0 Å². The topological polar surface area (TPSA) is 28.2 Å². The summed E-state index contributed by atoms with van der Waals surface area (Å²) in [5.74, 6) is 1.09. The van der Waals surface area contributed by atoms with Crippen LogP contribution in [-0.2, 0) is 13.0 Å². The molecular weight excluding hydrogens is 258 g/mol. The van der Waals surface area contributed by atoms with Gasteiger partial charge in [0.25, 0.3) is 0 Å². The molecule has 2 heterocycles. The molecule has 0 bridgehead atoms. The lowest BCUT2D eigenvalue weighted by molar-refractivity contribution is 0.587. The number of pyridine rings is 1. The molecule has 0 unspecified atom stereocenters. The van der Waals surface area contributed by atoms with Crippen molar-refractivity contribution in [2.24, 2.45) is 0 Å². The molecule has 0 aliphatic carbocycles. The Morgan fingerprint density at radius 2 is 2.10 bits per heavy atom. The summed E-state index contributed by atoms with van der Waals surface area (Å²) in [4.78, 5) is 7.06. The summed E-state index contributed by atoms with van der Waals surface area (Å²) in [6.45, 7) is 8.38. The average Bonchev–Trinajstić information content (AvgIpc) is 2.89. The zero-order valence-corrected chi connectivity index (χ0v) is 13.1. The number of anilines is 2. The summed E-state index contributed by atoms with van der Waals surface area (Å²) in [6, 6.07) is 11.4. The van der Waals surface area contributed by atoms with E-state index in [1.165, 1.54) is 22.4 Å². The summed E-state index contributed by atoms with van der Waals surface area (Å²) in [7, 11) is 0. The molecule has 1 aliphatic rings. The minimum Gasteiger partial charge on any atom is -0.326 e. The Labute approximate surface area is 127 Å². The van der Waals surface area contributed by atoms with E-state index in [-0.39, 0.29) is 0 Å². The van der Waals surface area contributed by atoms with Gasteiger partial charge in [-0.25, -0.2) is 4.98 Å². The molecule has 1 N–H and O–H groups in total. The third-order valence-corrected chi connectivity index (χ3v) is 3.96. The molecule has 1 aromatic carbocycles. The first kappa shape index (κ1) is 14.1. The first-order valence-corrected chi connectivity index (χ1v) is 7.69. The van der Waals surface area contributed by atoms with E-state index in [4.69, 9.17) is 4.98 Å². The number of nitrogens with zero attached hydrogens (tertiary/aromatic N) is 2. The van der Waals surface area contributed by atoms with E-state index in [0.29, 0.717) is 6.04 Å². The number of hydrogen-bond donors (Lipinski definition) is 1. The van der Waals surface area contributed by atoms with Crippen molar-refractivity contribution in [3.8, 4) is 0 Å². The predicted octanol–water partition coefficient (Wildman–Crippen LogP) is 3.58. The Hall–Kier alpha value is -1.87. The maximum atomic E-state index is 4.72. The normalized spacial score (nSPS) is 13.8. The third-order valence-electron chi connectivity index (χ3n) is 3.96. The van der Waals surface area contributed by atoms with Crippen LogP contribution in [0, 0.1) is 6.92 Å². The number of aryl methyl sites for hydroxylation is 1. The van der Waals surface area contributed by atoms with Gasteiger partial charge in [-0.05, 0) is 42.2 Å². The Kier molecular flexibility index (Phi) is 3.93. The van der Waals surface area contributed by atoms with Crippen LogP contribution in [0.25, 0.3) is 0 Å². The Morgan fingerprint density at radius 1 is 1.29 bits per heavy atom. The predicted molar refractivity (Wildman–Crippen MR) is 88.1 cm³/mol. The SMILES string of the molecule is Cc1cc(CNC(C)C)cnc1N1CCc2ccccc21. The minimum absolute atomic E-state index is 0.496. The van der Waals surface area contributed by atoms with Gasteiger partial charge in [-0.15, -0.1) is 0 Å². The number of fused-ring (bicyclic) bond motifs is 1. The van der Waals surface area contributed by atoms with Crippen molar-refractivity contribution in [1.82, 2.24) is 10.3 Å². The molecule has 3 nitrogen and oxygen atoms in total. The summed E-state index contributed by atoms with van der Waals surface area (Å²) >= 11 is 0. The van der Waals surface area contributed by atoms with E-state index in [1.807, 2.05) is 6.20 Å². The van der Waals surface area contributed by atoms with Gasteiger partial charge in [-0.2, -0.15) is 0 Å². The van der Waals surface area contributed by atoms with E-state index in [2.05, 4.69) is 61.3 Å². The maximum absolute atomic E-state index is 4.72. The van der Waals surface area contributed by atoms with Crippen molar-refractivity contribution in [2.75, 3.05) is 11.4 Å². The van der Waals surface area contributed by atoms with Crippen LogP contribution in [0.1, 0.15) is 30.5 Å². The van der Waals surface area contributed by atoms with Crippen LogP contribution in [0.4, 0.5) is 11.5 Å². The van der Waals surface area contributed by atoms with E-state index >= 15 is 0 Å². The van der Waals surface area contributed by atoms with Gasteiger partial charge in [0.2, 0.25) is 0 Å². The lowest BCUT2D eigenvalue weighted by atomic mass is 10.1. The van der Waals surface area contributed by atoms with E-state index < -0.39 is 0 Å². The molecule has 3 heteroatoms. The van der Waals surface area contributed by atoms with Crippen LogP contribution in [0.2, 0.25) is 0 Å². The second-order valence-corrected chi connectivity index (χ2v) is 6.05. The zero-order chi connectivity index (χ0) is 14.8. The average molecular weight is 281 g/mol. The number of para-hydroxylation sites is 1. The molecule has 3 rings (SSSR count). The molecule has 21 heavy (non-hydrogen) atoms. The van der Waals surface area contributed by atoms with Crippen molar-refractivity contribution in [3.05, 3.63) is 53.2 Å². The monoisotopic (exact) mass is 281 g/mol. The first-order valence-electron chi connectivity index (χ1n) is 7.69. The van der Waals surface area contributed by atoms with Gasteiger partial charge >= 0.3 is 0 Å². The Bertz CT molecular complexity index is 634. The minimum atomic E-state index is 0.496. The molecular formula is C18H23N3. The van der Waals surface area contributed by atoms with Crippen molar-refractivity contribution in [2.45, 2.75) is 39.8 Å². The van der Waals surface area contributed by atoms with E-state index in [9.17, 15) is 0 Å². The first-order chi connectivity index (χ1) is 10.1. The van der Waals surface area contributed by atoms with Gasteiger partial charge in [0.1, 0.15) is 5.82 Å². The second-order valence-electron chi connectivity index (χ2n) is 6.05. The van der Waals surface area contributed by atoms with Gasteiger partial charge in [-0.3, -0.25) is 0 Å². The van der Waals surface area contributed by atoms with Gasteiger partial charge in [0, 0.05) is 31.0 Å². The van der Waals surface area contributed by atoms with Crippen LogP contribution in [0.5, 0.6) is 0 Å². The van der Waals surface area contributed by atoms with E-state index in [0.717, 1.165) is 25.3 Å². The molecule has 110 valence electrons. The maximum Gasteiger partial charge on any atom is 0.135 e. The van der Waals surface area contributed by atoms with Crippen molar-refractivity contribution in [3.63, 3.8) is 0 Å². The fourth-order valence-electron chi connectivity index (χ4n) is 2.89. The number of rotatable bonds is 4. The van der Waals surface area contributed by atoms with Gasteiger partial charge in [0.05, 0.1) is 0 Å². The smallest absolute Gasteiger partial charge is 0.135 e. The highest BCUT2D eigenvalue weighted by Crippen LogP contribution is 2.34. The molecule has 0 saturated carbocycles. The van der Waals surface area contributed by atoms with Crippen molar-refractivity contribution in [1.29, 1.82) is 0 Å². The van der Waals surface area contributed by atoms with Crippen LogP contribution < -0.4 is 10.2 Å². The highest BCUT2D eigenvalue weighted by atomic mass is 15.2.